The molecule has 1 aliphatic rings. The van der Waals surface area contributed by atoms with Crippen molar-refractivity contribution in [3.05, 3.63) is 29.6 Å². The molecule has 1 aromatic heterocycles. The van der Waals surface area contributed by atoms with E-state index in [9.17, 15) is 4.79 Å². The van der Waals surface area contributed by atoms with Crippen molar-refractivity contribution in [2.24, 2.45) is 5.92 Å². The Morgan fingerprint density at radius 3 is 2.84 bits per heavy atom. The number of aryl methyl sites for hydroxylation is 2. The maximum atomic E-state index is 11.9. The molecule has 2 aromatic rings. The molecular formula is C15H19N3O. The van der Waals surface area contributed by atoms with Crippen molar-refractivity contribution < 1.29 is 4.79 Å². The number of hydrogen-bond donors (Lipinski definition) is 1. The summed E-state index contributed by atoms with van der Waals surface area (Å²) in [4.78, 5) is 16.2. The van der Waals surface area contributed by atoms with Crippen molar-refractivity contribution in [2.75, 3.05) is 6.54 Å². The smallest absolute Gasteiger partial charge is 0.240 e. The molecule has 1 aromatic carbocycles. The second kappa shape index (κ2) is 4.68. The lowest BCUT2D eigenvalue weighted by Gasteiger charge is -2.07. The third-order valence-corrected chi connectivity index (χ3v) is 3.84. The number of nitrogens with zero attached hydrogens (tertiary/aromatic N) is 2. The summed E-state index contributed by atoms with van der Waals surface area (Å²) in [7, 11) is 0. The van der Waals surface area contributed by atoms with E-state index in [0.717, 1.165) is 17.6 Å². The van der Waals surface area contributed by atoms with Crippen LogP contribution in [-0.2, 0) is 11.3 Å². The van der Waals surface area contributed by atoms with Crippen molar-refractivity contribution in [2.45, 2.75) is 33.2 Å². The Morgan fingerprint density at radius 1 is 1.37 bits per heavy atom. The van der Waals surface area contributed by atoms with Crippen LogP contribution in [-0.4, -0.2) is 22.0 Å². The molecule has 4 nitrogen and oxygen atoms in total. The highest BCUT2D eigenvalue weighted by Crippen LogP contribution is 2.27. The predicted octanol–water partition coefficient (Wildman–Crippen LogP) is 2.18. The second-order valence-electron chi connectivity index (χ2n) is 5.55. The van der Waals surface area contributed by atoms with Crippen molar-refractivity contribution in [3.63, 3.8) is 0 Å². The van der Waals surface area contributed by atoms with Gasteiger partial charge in [-0.1, -0.05) is 0 Å². The molecule has 0 bridgehead atoms. The Kier molecular flexibility index (Phi) is 3.01. The molecule has 1 heterocycles. The standard InChI is InChI=1S/C15H19N3O/c1-10-5-13-14(6-11(10)2)18(9-17-13)8-15(19)16-7-12-3-4-12/h5-6,9,12H,3-4,7-8H2,1-2H3,(H,16,19). The number of imidazole rings is 1. The number of hydrogen-bond acceptors (Lipinski definition) is 2. The van der Waals surface area contributed by atoms with Crippen LogP contribution in [0.3, 0.4) is 0 Å². The first-order valence-corrected chi connectivity index (χ1v) is 6.82. The first kappa shape index (κ1) is 12.2. The van der Waals surface area contributed by atoms with Gasteiger partial charge in [0.15, 0.2) is 0 Å². The fourth-order valence-electron chi connectivity index (χ4n) is 2.23. The van der Waals surface area contributed by atoms with Gasteiger partial charge in [-0.15, -0.1) is 0 Å². The lowest BCUT2D eigenvalue weighted by molar-refractivity contribution is -0.121. The van der Waals surface area contributed by atoms with E-state index in [4.69, 9.17) is 0 Å². The van der Waals surface area contributed by atoms with Gasteiger partial charge in [-0.3, -0.25) is 4.79 Å². The zero-order valence-corrected chi connectivity index (χ0v) is 11.4. The zero-order chi connectivity index (χ0) is 13.4. The molecule has 1 amide bonds. The van der Waals surface area contributed by atoms with Crippen LogP contribution in [0.1, 0.15) is 24.0 Å². The van der Waals surface area contributed by atoms with Crippen LogP contribution >= 0.6 is 0 Å². The Labute approximate surface area is 112 Å². The van der Waals surface area contributed by atoms with Gasteiger partial charge in [-0.05, 0) is 55.9 Å². The molecule has 1 saturated carbocycles. The van der Waals surface area contributed by atoms with Gasteiger partial charge in [0.1, 0.15) is 6.54 Å². The van der Waals surface area contributed by atoms with Crippen LogP contribution in [0.2, 0.25) is 0 Å². The molecular weight excluding hydrogens is 238 g/mol. The molecule has 100 valence electrons. The number of amides is 1. The zero-order valence-electron chi connectivity index (χ0n) is 11.4. The number of nitrogens with one attached hydrogen (secondary N) is 1. The maximum absolute atomic E-state index is 11.9. The normalized spacial score (nSPS) is 14.8. The summed E-state index contributed by atoms with van der Waals surface area (Å²) < 4.78 is 1.92. The minimum Gasteiger partial charge on any atom is -0.354 e. The molecule has 0 aliphatic heterocycles. The van der Waals surface area contributed by atoms with Crippen LogP contribution in [0.15, 0.2) is 18.5 Å². The van der Waals surface area contributed by atoms with Crippen molar-refractivity contribution >= 4 is 16.9 Å². The van der Waals surface area contributed by atoms with Crippen molar-refractivity contribution in [1.82, 2.24) is 14.9 Å². The van der Waals surface area contributed by atoms with Gasteiger partial charge in [-0.25, -0.2) is 4.98 Å². The van der Waals surface area contributed by atoms with Gasteiger partial charge in [0.2, 0.25) is 5.91 Å². The van der Waals surface area contributed by atoms with Crippen LogP contribution in [0.5, 0.6) is 0 Å². The van der Waals surface area contributed by atoms with Crippen LogP contribution in [0, 0.1) is 19.8 Å². The number of rotatable bonds is 4. The molecule has 0 radical (unpaired) electrons. The number of carbonyl (C=O) groups is 1. The summed E-state index contributed by atoms with van der Waals surface area (Å²) >= 11 is 0. The van der Waals surface area contributed by atoms with Gasteiger partial charge >= 0.3 is 0 Å². The molecule has 4 heteroatoms. The largest absolute Gasteiger partial charge is 0.354 e. The third kappa shape index (κ3) is 2.62. The Balaban J connectivity index is 1.76. The summed E-state index contributed by atoms with van der Waals surface area (Å²) in [5, 5.41) is 2.99. The molecule has 1 fully saturated rings. The van der Waals surface area contributed by atoms with E-state index in [2.05, 4.69) is 36.3 Å². The number of fused-ring (bicyclic) bond motifs is 1. The van der Waals surface area contributed by atoms with E-state index >= 15 is 0 Å². The monoisotopic (exact) mass is 257 g/mol. The average molecular weight is 257 g/mol. The molecule has 3 rings (SSSR count). The third-order valence-electron chi connectivity index (χ3n) is 3.84. The topological polar surface area (TPSA) is 46.9 Å². The van der Waals surface area contributed by atoms with E-state index in [1.54, 1.807) is 6.33 Å². The van der Waals surface area contributed by atoms with Gasteiger partial charge in [-0.2, -0.15) is 0 Å². The van der Waals surface area contributed by atoms with E-state index in [0.29, 0.717) is 12.5 Å². The summed E-state index contributed by atoms with van der Waals surface area (Å²) in [5.74, 6) is 0.790. The molecule has 0 atom stereocenters. The van der Waals surface area contributed by atoms with Gasteiger partial charge in [0.25, 0.3) is 0 Å². The predicted molar refractivity (Wildman–Crippen MR) is 74.9 cm³/mol. The number of carbonyl (C=O) groups excluding carboxylic acids is 1. The lowest BCUT2D eigenvalue weighted by Crippen LogP contribution is -2.29. The quantitative estimate of drug-likeness (QED) is 0.912. The maximum Gasteiger partial charge on any atom is 0.240 e. The number of benzene rings is 1. The highest BCUT2D eigenvalue weighted by atomic mass is 16.1. The molecule has 1 N–H and O–H groups in total. The van der Waals surface area contributed by atoms with Crippen LogP contribution < -0.4 is 5.32 Å². The Hall–Kier alpha value is -1.84. The lowest BCUT2D eigenvalue weighted by atomic mass is 10.1. The van der Waals surface area contributed by atoms with Gasteiger partial charge < -0.3 is 9.88 Å². The van der Waals surface area contributed by atoms with Gasteiger partial charge in [0.05, 0.1) is 17.4 Å². The Bertz CT molecular complexity index is 626. The minimum absolute atomic E-state index is 0.0735. The summed E-state index contributed by atoms with van der Waals surface area (Å²) in [6.07, 6.45) is 4.26. The van der Waals surface area contributed by atoms with E-state index in [1.807, 2.05) is 4.57 Å². The van der Waals surface area contributed by atoms with E-state index in [-0.39, 0.29) is 5.91 Å². The van der Waals surface area contributed by atoms with Crippen molar-refractivity contribution in [3.8, 4) is 0 Å². The molecule has 0 spiro atoms. The molecule has 0 saturated heterocycles. The Morgan fingerprint density at radius 2 is 2.11 bits per heavy atom. The fraction of sp³-hybridized carbons (Fsp3) is 0.467. The van der Waals surface area contributed by atoms with Crippen LogP contribution in [0.4, 0.5) is 0 Å². The van der Waals surface area contributed by atoms with E-state index < -0.39 is 0 Å². The van der Waals surface area contributed by atoms with E-state index in [1.165, 1.54) is 24.0 Å². The minimum atomic E-state index is 0.0735. The molecule has 19 heavy (non-hydrogen) atoms. The molecule has 1 aliphatic carbocycles. The summed E-state index contributed by atoms with van der Waals surface area (Å²) in [6.45, 7) is 5.34. The van der Waals surface area contributed by atoms with Gasteiger partial charge in [0, 0.05) is 6.54 Å². The first-order chi connectivity index (χ1) is 9.13. The van der Waals surface area contributed by atoms with Crippen LogP contribution in [0.25, 0.3) is 11.0 Å². The SMILES string of the molecule is Cc1cc2ncn(CC(=O)NCC3CC3)c2cc1C. The highest BCUT2D eigenvalue weighted by Gasteiger charge is 2.21. The highest BCUT2D eigenvalue weighted by molar-refractivity contribution is 5.81. The average Bonchev–Trinajstić information content (AvgIpc) is 3.14. The summed E-state index contributed by atoms with van der Waals surface area (Å²) in [6, 6.07) is 4.18. The second-order valence-corrected chi connectivity index (χ2v) is 5.55. The first-order valence-electron chi connectivity index (χ1n) is 6.82. The number of aromatic nitrogens is 2. The van der Waals surface area contributed by atoms with Crippen molar-refractivity contribution in [1.29, 1.82) is 0 Å². The molecule has 0 unspecified atom stereocenters. The fourth-order valence-corrected chi connectivity index (χ4v) is 2.23. The summed E-state index contributed by atoms with van der Waals surface area (Å²) in [5.41, 5.74) is 4.45.